The Morgan fingerprint density at radius 1 is 1.19 bits per heavy atom. The van der Waals surface area contributed by atoms with Crippen LogP contribution in [0.25, 0.3) is 17.1 Å². The minimum absolute atomic E-state index is 0.423. The summed E-state index contributed by atoms with van der Waals surface area (Å²) >= 11 is 0. The van der Waals surface area contributed by atoms with Crippen molar-refractivity contribution in [3.8, 4) is 17.1 Å². The molecule has 0 saturated heterocycles. The van der Waals surface area contributed by atoms with Crippen LogP contribution in [0.3, 0.4) is 0 Å². The molecule has 0 N–H and O–H groups in total. The van der Waals surface area contributed by atoms with Crippen LogP contribution in [-0.2, 0) is 6.54 Å². The van der Waals surface area contributed by atoms with Crippen LogP contribution in [0, 0.1) is 0 Å². The number of aromatic nitrogens is 5. The summed E-state index contributed by atoms with van der Waals surface area (Å²) in [6.07, 6.45) is 10.8. The van der Waals surface area contributed by atoms with E-state index in [4.69, 9.17) is 8.94 Å². The maximum atomic E-state index is 5.22. The monoisotopic (exact) mass is 281 g/mol. The van der Waals surface area contributed by atoms with Gasteiger partial charge in [0.05, 0.1) is 23.7 Å². The number of nitrogens with zero attached hydrogens (tertiary/aromatic N) is 5. The highest BCUT2D eigenvalue weighted by Gasteiger charge is 2.10. The summed E-state index contributed by atoms with van der Waals surface area (Å²) < 4.78 is 14.0. The van der Waals surface area contributed by atoms with Gasteiger partial charge in [0.25, 0.3) is 0 Å². The SMILES string of the molecule is c1ccn(-c2cnn(Cc3nc(-c4ccoc4)no3)c2)c1. The molecule has 4 aromatic rings. The summed E-state index contributed by atoms with van der Waals surface area (Å²) in [5, 5.41) is 8.21. The van der Waals surface area contributed by atoms with E-state index in [1.807, 2.05) is 35.3 Å². The van der Waals surface area contributed by atoms with E-state index in [2.05, 4.69) is 15.2 Å². The second-order valence-corrected chi connectivity index (χ2v) is 4.51. The lowest BCUT2D eigenvalue weighted by Crippen LogP contribution is -2.00. The van der Waals surface area contributed by atoms with Crippen LogP contribution in [0.5, 0.6) is 0 Å². The Labute approximate surface area is 119 Å². The molecule has 21 heavy (non-hydrogen) atoms. The van der Waals surface area contributed by atoms with E-state index in [1.165, 1.54) is 0 Å². The smallest absolute Gasteiger partial charge is 0.248 e. The summed E-state index contributed by atoms with van der Waals surface area (Å²) in [7, 11) is 0. The van der Waals surface area contributed by atoms with Gasteiger partial charge in [-0.15, -0.1) is 0 Å². The first-order valence-electron chi connectivity index (χ1n) is 6.39. The molecule has 7 heteroatoms. The molecule has 4 aromatic heterocycles. The lowest BCUT2D eigenvalue weighted by Gasteiger charge is -1.96. The van der Waals surface area contributed by atoms with Crippen LogP contribution in [0.4, 0.5) is 0 Å². The van der Waals surface area contributed by atoms with Crippen LogP contribution in [0.1, 0.15) is 5.89 Å². The lowest BCUT2D eigenvalue weighted by molar-refractivity contribution is 0.366. The fourth-order valence-corrected chi connectivity index (χ4v) is 2.05. The second kappa shape index (κ2) is 4.78. The van der Waals surface area contributed by atoms with Crippen molar-refractivity contribution in [2.45, 2.75) is 6.54 Å². The van der Waals surface area contributed by atoms with Gasteiger partial charge in [-0.1, -0.05) is 5.16 Å². The zero-order valence-corrected chi connectivity index (χ0v) is 11.0. The summed E-state index contributed by atoms with van der Waals surface area (Å²) in [6, 6.07) is 5.71. The molecule has 0 amide bonds. The molecule has 0 aliphatic rings. The molecular formula is C14H11N5O2. The Kier molecular flexibility index (Phi) is 2.67. The molecule has 4 heterocycles. The summed E-state index contributed by atoms with van der Waals surface area (Å²) in [6.45, 7) is 0.423. The molecule has 0 aromatic carbocycles. The highest BCUT2D eigenvalue weighted by Crippen LogP contribution is 2.16. The Bertz CT molecular complexity index is 756. The van der Waals surface area contributed by atoms with Crippen LogP contribution in [0.2, 0.25) is 0 Å². The average molecular weight is 281 g/mol. The Morgan fingerprint density at radius 3 is 2.90 bits per heavy atom. The second-order valence-electron chi connectivity index (χ2n) is 4.51. The third kappa shape index (κ3) is 2.25. The van der Waals surface area contributed by atoms with E-state index in [-0.39, 0.29) is 0 Å². The van der Waals surface area contributed by atoms with E-state index >= 15 is 0 Å². The lowest BCUT2D eigenvalue weighted by atomic mass is 10.3. The largest absolute Gasteiger partial charge is 0.472 e. The normalized spacial score (nSPS) is 11.0. The topological polar surface area (TPSA) is 74.8 Å². The summed E-state index contributed by atoms with van der Waals surface area (Å²) in [5.41, 5.74) is 1.77. The molecule has 0 radical (unpaired) electrons. The van der Waals surface area contributed by atoms with E-state index in [1.54, 1.807) is 29.5 Å². The van der Waals surface area contributed by atoms with Gasteiger partial charge in [-0.3, -0.25) is 4.68 Å². The number of rotatable bonds is 4. The van der Waals surface area contributed by atoms with Gasteiger partial charge in [0.1, 0.15) is 12.8 Å². The van der Waals surface area contributed by atoms with Gasteiger partial charge in [0.15, 0.2) is 0 Å². The molecule has 0 unspecified atom stereocenters. The van der Waals surface area contributed by atoms with Gasteiger partial charge < -0.3 is 13.5 Å². The van der Waals surface area contributed by atoms with Crippen molar-refractivity contribution in [2.24, 2.45) is 0 Å². The fraction of sp³-hybridized carbons (Fsp3) is 0.0714. The van der Waals surface area contributed by atoms with Gasteiger partial charge in [0, 0.05) is 18.6 Å². The molecule has 0 spiro atoms. The minimum atomic E-state index is 0.423. The maximum absolute atomic E-state index is 5.22. The van der Waals surface area contributed by atoms with E-state index in [9.17, 15) is 0 Å². The van der Waals surface area contributed by atoms with Crippen LogP contribution in [-0.4, -0.2) is 24.5 Å². The Morgan fingerprint density at radius 2 is 2.10 bits per heavy atom. The predicted octanol–water partition coefficient (Wildman–Crippen LogP) is 2.37. The van der Waals surface area contributed by atoms with Crippen LogP contribution in [0.15, 0.2) is 64.5 Å². The van der Waals surface area contributed by atoms with Crippen molar-refractivity contribution >= 4 is 0 Å². The Balaban J connectivity index is 1.54. The molecule has 104 valence electrons. The first kappa shape index (κ1) is 11.7. The molecule has 0 atom stereocenters. The first-order chi connectivity index (χ1) is 10.4. The van der Waals surface area contributed by atoms with Crippen molar-refractivity contribution in [2.75, 3.05) is 0 Å². The zero-order chi connectivity index (χ0) is 14.1. The number of hydrogen-bond acceptors (Lipinski definition) is 5. The fourth-order valence-electron chi connectivity index (χ4n) is 2.05. The highest BCUT2D eigenvalue weighted by molar-refractivity contribution is 5.51. The van der Waals surface area contributed by atoms with Crippen molar-refractivity contribution in [3.05, 3.63) is 61.4 Å². The first-order valence-corrected chi connectivity index (χ1v) is 6.39. The molecule has 0 bridgehead atoms. The van der Waals surface area contributed by atoms with Gasteiger partial charge >= 0.3 is 0 Å². The third-order valence-corrected chi connectivity index (χ3v) is 3.07. The van der Waals surface area contributed by atoms with Crippen molar-refractivity contribution in [1.82, 2.24) is 24.5 Å². The molecule has 0 fully saturated rings. The zero-order valence-electron chi connectivity index (χ0n) is 11.0. The molecule has 0 aliphatic carbocycles. The van der Waals surface area contributed by atoms with Crippen LogP contribution < -0.4 is 0 Å². The maximum Gasteiger partial charge on any atom is 0.248 e. The number of hydrogen-bond donors (Lipinski definition) is 0. The van der Waals surface area contributed by atoms with Gasteiger partial charge in [-0.25, -0.2) is 0 Å². The standard InChI is InChI=1S/C14H11N5O2/c1-2-5-18(4-1)12-7-15-19(8-12)9-13-16-14(17-21-13)11-3-6-20-10-11/h1-8,10H,9H2. The van der Waals surface area contributed by atoms with Gasteiger partial charge in [-0.2, -0.15) is 10.1 Å². The van der Waals surface area contributed by atoms with Crippen molar-refractivity contribution < 1.29 is 8.94 Å². The third-order valence-electron chi connectivity index (χ3n) is 3.07. The molecule has 7 nitrogen and oxygen atoms in total. The van der Waals surface area contributed by atoms with E-state index in [0.717, 1.165) is 11.3 Å². The summed E-state index contributed by atoms with van der Waals surface area (Å²) in [5.74, 6) is 1.00. The van der Waals surface area contributed by atoms with Gasteiger partial charge in [0.2, 0.25) is 11.7 Å². The van der Waals surface area contributed by atoms with Crippen molar-refractivity contribution in [1.29, 1.82) is 0 Å². The van der Waals surface area contributed by atoms with E-state index in [0.29, 0.717) is 18.3 Å². The van der Waals surface area contributed by atoms with Gasteiger partial charge in [-0.05, 0) is 18.2 Å². The van der Waals surface area contributed by atoms with Crippen LogP contribution >= 0.6 is 0 Å². The highest BCUT2D eigenvalue weighted by atomic mass is 16.5. The molecule has 0 aliphatic heterocycles. The summed E-state index contributed by atoms with van der Waals surface area (Å²) in [4.78, 5) is 4.31. The van der Waals surface area contributed by atoms with Crippen molar-refractivity contribution in [3.63, 3.8) is 0 Å². The average Bonchev–Trinajstić information content (AvgIpc) is 3.28. The molecule has 0 saturated carbocycles. The predicted molar refractivity (Wildman–Crippen MR) is 72.7 cm³/mol. The Hall–Kier alpha value is -3.09. The molecule has 4 rings (SSSR count). The molecular weight excluding hydrogens is 270 g/mol. The quantitative estimate of drug-likeness (QED) is 0.574. The minimum Gasteiger partial charge on any atom is -0.472 e. The van der Waals surface area contributed by atoms with E-state index < -0.39 is 0 Å². The number of furan rings is 1.